The third-order valence-electron chi connectivity index (χ3n) is 4.35. The maximum absolute atomic E-state index is 12.3. The number of hydrogen-bond acceptors (Lipinski definition) is 3. The van der Waals surface area contributed by atoms with E-state index in [4.69, 9.17) is 4.74 Å². The monoisotopic (exact) mass is 369 g/mol. The minimum absolute atomic E-state index is 0.161. The Morgan fingerprint density at radius 2 is 1.62 bits per heavy atom. The predicted molar refractivity (Wildman–Crippen MR) is 108 cm³/mol. The highest BCUT2D eigenvalue weighted by molar-refractivity contribution is 7.92. The SMILES string of the molecule is CCCCS(=O)(=O)N(C)c1ccc(Oc2cccc3ccccc23)cc1. The van der Waals surface area contributed by atoms with E-state index < -0.39 is 10.0 Å². The van der Waals surface area contributed by atoms with Crippen LogP contribution in [0.25, 0.3) is 10.8 Å². The van der Waals surface area contributed by atoms with Crippen LogP contribution in [0.4, 0.5) is 5.69 Å². The number of hydrogen-bond donors (Lipinski definition) is 0. The number of rotatable bonds is 7. The summed E-state index contributed by atoms with van der Waals surface area (Å²) in [6.07, 6.45) is 1.51. The molecule has 0 aliphatic carbocycles. The zero-order valence-electron chi connectivity index (χ0n) is 15.1. The molecular formula is C21H23NO3S. The van der Waals surface area contributed by atoms with Gasteiger partial charge in [-0.2, -0.15) is 0 Å². The van der Waals surface area contributed by atoms with Crippen molar-refractivity contribution in [2.75, 3.05) is 17.1 Å². The van der Waals surface area contributed by atoms with E-state index in [0.717, 1.165) is 22.9 Å². The van der Waals surface area contributed by atoms with Gasteiger partial charge in [-0.15, -0.1) is 0 Å². The Labute approximate surface area is 155 Å². The molecule has 0 fully saturated rings. The summed E-state index contributed by atoms with van der Waals surface area (Å²) in [4.78, 5) is 0. The molecule has 5 heteroatoms. The van der Waals surface area contributed by atoms with E-state index in [2.05, 4.69) is 0 Å². The molecule has 0 atom stereocenters. The fourth-order valence-electron chi connectivity index (χ4n) is 2.76. The van der Waals surface area contributed by atoms with E-state index in [9.17, 15) is 8.42 Å². The lowest BCUT2D eigenvalue weighted by molar-refractivity contribution is 0.488. The Morgan fingerprint density at radius 1 is 0.923 bits per heavy atom. The fourth-order valence-corrected chi connectivity index (χ4v) is 4.13. The molecule has 0 radical (unpaired) electrons. The first-order chi connectivity index (χ1) is 12.5. The summed E-state index contributed by atoms with van der Waals surface area (Å²) in [6.45, 7) is 1.98. The number of sulfonamides is 1. The predicted octanol–water partition coefficient (Wildman–Crippen LogP) is 5.20. The third kappa shape index (κ3) is 3.99. The fraction of sp³-hybridized carbons (Fsp3) is 0.238. The average Bonchev–Trinajstić information content (AvgIpc) is 2.67. The Balaban J connectivity index is 1.79. The summed E-state index contributed by atoms with van der Waals surface area (Å²) in [7, 11) is -1.69. The van der Waals surface area contributed by atoms with Gasteiger partial charge >= 0.3 is 0 Å². The molecule has 3 aromatic carbocycles. The first kappa shape index (κ1) is 18.3. The largest absolute Gasteiger partial charge is 0.457 e. The minimum atomic E-state index is -3.28. The molecule has 0 N–H and O–H groups in total. The van der Waals surface area contributed by atoms with Crippen LogP contribution in [0, 0.1) is 0 Å². The van der Waals surface area contributed by atoms with Crippen molar-refractivity contribution in [1.82, 2.24) is 0 Å². The van der Waals surface area contributed by atoms with Crippen molar-refractivity contribution in [3.8, 4) is 11.5 Å². The van der Waals surface area contributed by atoms with Gasteiger partial charge in [0, 0.05) is 12.4 Å². The summed E-state index contributed by atoms with van der Waals surface area (Å²) in [6, 6.07) is 21.1. The van der Waals surface area contributed by atoms with Gasteiger partial charge in [-0.25, -0.2) is 8.42 Å². The highest BCUT2D eigenvalue weighted by Crippen LogP contribution is 2.31. The quantitative estimate of drug-likeness (QED) is 0.575. The first-order valence-electron chi connectivity index (χ1n) is 8.73. The van der Waals surface area contributed by atoms with Gasteiger partial charge in [0.1, 0.15) is 11.5 Å². The number of anilines is 1. The van der Waals surface area contributed by atoms with E-state index in [0.29, 0.717) is 17.9 Å². The van der Waals surface area contributed by atoms with Crippen LogP contribution < -0.4 is 9.04 Å². The standard InChI is InChI=1S/C21H23NO3S/c1-3-4-16-26(23,24)22(2)18-12-14-19(15-13-18)25-21-11-7-9-17-8-5-6-10-20(17)21/h5-15H,3-4,16H2,1-2H3. The van der Waals surface area contributed by atoms with Crippen LogP contribution in [-0.2, 0) is 10.0 Å². The van der Waals surface area contributed by atoms with E-state index in [1.807, 2.05) is 49.4 Å². The lowest BCUT2D eigenvalue weighted by Crippen LogP contribution is -2.28. The van der Waals surface area contributed by atoms with Gasteiger partial charge in [-0.05, 0) is 42.1 Å². The molecule has 0 spiro atoms. The van der Waals surface area contributed by atoms with Crippen LogP contribution >= 0.6 is 0 Å². The Kier molecular flexibility index (Phi) is 5.47. The van der Waals surface area contributed by atoms with Gasteiger partial charge in [0.2, 0.25) is 10.0 Å². The van der Waals surface area contributed by atoms with E-state index >= 15 is 0 Å². The topological polar surface area (TPSA) is 46.6 Å². The van der Waals surface area contributed by atoms with Crippen molar-refractivity contribution in [2.45, 2.75) is 19.8 Å². The van der Waals surface area contributed by atoms with Crippen LogP contribution in [-0.4, -0.2) is 21.2 Å². The second-order valence-corrected chi connectivity index (χ2v) is 8.33. The molecule has 0 aromatic heterocycles. The molecule has 0 aliphatic rings. The number of benzene rings is 3. The van der Waals surface area contributed by atoms with Crippen molar-refractivity contribution in [3.05, 3.63) is 66.7 Å². The van der Waals surface area contributed by atoms with Crippen LogP contribution in [0.1, 0.15) is 19.8 Å². The Morgan fingerprint density at radius 3 is 2.35 bits per heavy atom. The smallest absolute Gasteiger partial charge is 0.234 e. The second-order valence-electron chi connectivity index (χ2n) is 6.21. The van der Waals surface area contributed by atoms with Crippen LogP contribution in [0.2, 0.25) is 0 Å². The molecule has 0 bridgehead atoms. The Bertz CT molecular complexity index is 976. The molecule has 0 heterocycles. The summed E-state index contributed by atoms with van der Waals surface area (Å²) < 4.78 is 32.0. The molecule has 0 saturated carbocycles. The number of fused-ring (bicyclic) bond motifs is 1. The van der Waals surface area contributed by atoms with Crippen LogP contribution in [0.3, 0.4) is 0 Å². The zero-order valence-corrected chi connectivity index (χ0v) is 15.9. The highest BCUT2D eigenvalue weighted by atomic mass is 32.2. The van der Waals surface area contributed by atoms with Gasteiger partial charge in [0.15, 0.2) is 0 Å². The third-order valence-corrected chi connectivity index (χ3v) is 6.20. The molecule has 26 heavy (non-hydrogen) atoms. The molecule has 0 aliphatic heterocycles. The Hall–Kier alpha value is -2.53. The molecular weight excluding hydrogens is 346 g/mol. The van der Waals surface area contributed by atoms with Crippen molar-refractivity contribution < 1.29 is 13.2 Å². The number of nitrogens with zero attached hydrogens (tertiary/aromatic N) is 1. The number of unbranched alkanes of at least 4 members (excludes halogenated alkanes) is 1. The molecule has 3 aromatic rings. The van der Waals surface area contributed by atoms with Crippen molar-refractivity contribution in [3.63, 3.8) is 0 Å². The van der Waals surface area contributed by atoms with Crippen LogP contribution in [0.5, 0.6) is 11.5 Å². The van der Waals surface area contributed by atoms with E-state index in [1.54, 1.807) is 31.3 Å². The lowest BCUT2D eigenvalue weighted by Gasteiger charge is -2.19. The molecule has 3 rings (SSSR count). The molecule has 0 unspecified atom stereocenters. The summed E-state index contributed by atoms with van der Waals surface area (Å²) in [5.74, 6) is 1.61. The van der Waals surface area contributed by atoms with E-state index in [-0.39, 0.29) is 5.75 Å². The van der Waals surface area contributed by atoms with Crippen molar-refractivity contribution in [2.24, 2.45) is 0 Å². The van der Waals surface area contributed by atoms with Gasteiger partial charge in [-0.1, -0.05) is 49.7 Å². The van der Waals surface area contributed by atoms with Gasteiger partial charge < -0.3 is 4.74 Å². The molecule has 4 nitrogen and oxygen atoms in total. The highest BCUT2D eigenvalue weighted by Gasteiger charge is 2.17. The van der Waals surface area contributed by atoms with Gasteiger partial charge in [-0.3, -0.25) is 4.31 Å². The average molecular weight is 369 g/mol. The lowest BCUT2D eigenvalue weighted by atomic mass is 10.1. The van der Waals surface area contributed by atoms with Crippen molar-refractivity contribution in [1.29, 1.82) is 0 Å². The summed E-state index contributed by atoms with van der Waals surface area (Å²) >= 11 is 0. The van der Waals surface area contributed by atoms with Gasteiger partial charge in [0.25, 0.3) is 0 Å². The maximum Gasteiger partial charge on any atom is 0.234 e. The maximum atomic E-state index is 12.3. The molecule has 136 valence electrons. The number of ether oxygens (including phenoxy) is 1. The van der Waals surface area contributed by atoms with Crippen LogP contribution in [0.15, 0.2) is 66.7 Å². The first-order valence-corrected chi connectivity index (χ1v) is 10.3. The molecule has 0 saturated heterocycles. The van der Waals surface area contributed by atoms with Crippen molar-refractivity contribution >= 4 is 26.5 Å². The van der Waals surface area contributed by atoms with E-state index in [1.165, 1.54) is 4.31 Å². The zero-order chi connectivity index (χ0) is 18.6. The van der Waals surface area contributed by atoms with Gasteiger partial charge in [0.05, 0.1) is 11.4 Å². The minimum Gasteiger partial charge on any atom is -0.457 e. The summed E-state index contributed by atoms with van der Waals surface area (Å²) in [5, 5.41) is 2.15. The normalized spacial score (nSPS) is 11.5. The summed E-state index contributed by atoms with van der Waals surface area (Å²) in [5.41, 5.74) is 0.631. The molecule has 0 amide bonds. The second kappa shape index (κ2) is 7.79.